The molecule has 0 bridgehead atoms. The van der Waals surface area contributed by atoms with Crippen molar-refractivity contribution >= 4 is 55.6 Å². The molecule has 7 nitrogen and oxygen atoms in total. The highest BCUT2D eigenvalue weighted by molar-refractivity contribution is 7.21. The Morgan fingerprint density at radius 1 is 1.18 bits per heavy atom. The third-order valence-electron chi connectivity index (χ3n) is 4.57. The first kappa shape index (κ1) is 16.8. The Hall–Kier alpha value is -3.33. The van der Waals surface area contributed by atoms with E-state index in [1.807, 2.05) is 31.2 Å². The van der Waals surface area contributed by atoms with Crippen LogP contribution in [0.2, 0.25) is 0 Å². The molecule has 5 rings (SSSR count). The summed E-state index contributed by atoms with van der Waals surface area (Å²) in [6.07, 6.45) is 0.542. The molecule has 4 aromatic rings. The number of fused-ring (bicyclic) bond motifs is 5. The number of anilines is 3. The Labute approximate surface area is 163 Å². The Morgan fingerprint density at radius 3 is 2.89 bits per heavy atom. The van der Waals surface area contributed by atoms with Crippen molar-refractivity contribution in [2.45, 2.75) is 13.0 Å². The summed E-state index contributed by atoms with van der Waals surface area (Å²) in [5.41, 5.74) is 1.62. The van der Waals surface area contributed by atoms with E-state index in [1.54, 1.807) is 6.07 Å². The number of nitrogens with zero attached hydrogens (tertiary/aromatic N) is 3. The highest BCUT2D eigenvalue weighted by Crippen LogP contribution is 2.41. The standard InChI is InChI=1S/C19H15FN6OS/c1-9-8-22-16-15-10-2-5-13(25-14-6-7-21-19(20)26-14)24-11(10)3-4-12(15)28-17(16)18(27)23-9/h2-7,9,22H,8H2,1H3,(H,23,27)(H,21,24,25,26)/t9-/m0/s1. The van der Waals surface area contributed by atoms with Crippen LogP contribution in [0.3, 0.4) is 0 Å². The van der Waals surface area contributed by atoms with Crippen LogP contribution in [0.4, 0.5) is 21.7 Å². The molecule has 0 aliphatic carbocycles. The summed E-state index contributed by atoms with van der Waals surface area (Å²) in [5.74, 6) is 0.821. The van der Waals surface area contributed by atoms with Crippen LogP contribution in [-0.4, -0.2) is 33.4 Å². The summed E-state index contributed by atoms with van der Waals surface area (Å²) >= 11 is 1.47. The second kappa shape index (κ2) is 6.38. The summed E-state index contributed by atoms with van der Waals surface area (Å²) in [4.78, 5) is 24.9. The van der Waals surface area contributed by atoms with Gasteiger partial charge < -0.3 is 16.0 Å². The first-order valence-electron chi connectivity index (χ1n) is 8.75. The molecule has 140 valence electrons. The average molecular weight is 394 g/mol. The van der Waals surface area contributed by atoms with Crippen LogP contribution in [0.5, 0.6) is 0 Å². The Morgan fingerprint density at radius 2 is 2.04 bits per heavy atom. The van der Waals surface area contributed by atoms with Gasteiger partial charge in [-0.05, 0) is 37.3 Å². The fourth-order valence-corrected chi connectivity index (χ4v) is 4.43. The van der Waals surface area contributed by atoms with Gasteiger partial charge >= 0.3 is 6.08 Å². The molecule has 1 aliphatic heterocycles. The zero-order valence-corrected chi connectivity index (χ0v) is 15.6. The summed E-state index contributed by atoms with van der Waals surface area (Å²) in [5, 5.41) is 11.3. The molecule has 9 heteroatoms. The number of carbonyl (C=O) groups excluding carboxylic acids is 1. The topological polar surface area (TPSA) is 91.8 Å². The largest absolute Gasteiger partial charge is 0.381 e. The molecule has 28 heavy (non-hydrogen) atoms. The van der Waals surface area contributed by atoms with Crippen LogP contribution >= 0.6 is 11.3 Å². The molecule has 3 N–H and O–H groups in total. The van der Waals surface area contributed by atoms with E-state index in [0.717, 1.165) is 26.7 Å². The second-order valence-electron chi connectivity index (χ2n) is 6.60. The third kappa shape index (κ3) is 2.80. The predicted octanol–water partition coefficient (Wildman–Crippen LogP) is 3.67. The van der Waals surface area contributed by atoms with Crippen LogP contribution < -0.4 is 16.0 Å². The quantitative estimate of drug-likeness (QED) is 0.450. The average Bonchev–Trinajstić information content (AvgIpc) is 2.99. The molecule has 0 saturated carbocycles. The van der Waals surface area contributed by atoms with Crippen molar-refractivity contribution in [1.29, 1.82) is 0 Å². The lowest BCUT2D eigenvalue weighted by Crippen LogP contribution is -2.34. The van der Waals surface area contributed by atoms with Crippen molar-refractivity contribution in [1.82, 2.24) is 20.3 Å². The van der Waals surface area contributed by atoms with E-state index < -0.39 is 6.08 Å². The maximum absolute atomic E-state index is 13.2. The Balaban J connectivity index is 1.62. The molecule has 0 saturated heterocycles. The van der Waals surface area contributed by atoms with Crippen molar-refractivity contribution < 1.29 is 9.18 Å². The van der Waals surface area contributed by atoms with Crippen LogP contribution in [0, 0.1) is 6.08 Å². The molecule has 0 radical (unpaired) electrons. The van der Waals surface area contributed by atoms with Gasteiger partial charge in [-0.1, -0.05) is 0 Å². The minimum Gasteiger partial charge on any atom is -0.381 e. The molecule has 0 spiro atoms. The van der Waals surface area contributed by atoms with Gasteiger partial charge in [-0.3, -0.25) is 4.79 Å². The fourth-order valence-electron chi connectivity index (χ4n) is 3.33. The van der Waals surface area contributed by atoms with Gasteiger partial charge in [0.15, 0.2) is 0 Å². The second-order valence-corrected chi connectivity index (χ2v) is 7.65. The Bertz CT molecular complexity index is 1240. The van der Waals surface area contributed by atoms with Gasteiger partial charge in [-0.15, -0.1) is 11.3 Å². The molecule has 1 aliphatic rings. The number of rotatable bonds is 2. The van der Waals surface area contributed by atoms with Crippen molar-refractivity contribution in [3.05, 3.63) is 47.5 Å². The zero-order valence-electron chi connectivity index (χ0n) is 14.8. The first-order chi connectivity index (χ1) is 13.6. The number of halogens is 1. The van der Waals surface area contributed by atoms with Crippen molar-refractivity contribution in [3.63, 3.8) is 0 Å². The number of hydrogen-bond acceptors (Lipinski definition) is 7. The number of carbonyl (C=O) groups is 1. The molecule has 3 aromatic heterocycles. The third-order valence-corrected chi connectivity index (χ3v) is 5.73. The lowest BCUT2D eigenvalue weighted by molar-refractivity contribution is 0.0949. The van der Waals surface area contributed by atoms with Crippen molar-refractivity contribution in [2.24, 2.45) is 0 Å². The molecular formula is C19H15FN6OS. The van der Waals surface area contributed by atoms with Gasteiger partial charge in [0.1, 0.15) is 16.5 Å². The molecule has 4 heterocycles. The van der Waals surface area contributed by atoms with E-state index in [4.69, 9.17) is 0 Å². The van der Waals surface area contributed by atoms with E-state index in [2.05, 4.69) is 30.9 Å². The number of thiophene rings is 1. The number of amides is 1. The maximum Gasteiger partial charge on any atom is 0.310 e. The highest BCUT2D eigenvalue weighted by Gasteiger charge is 2.24. The van der Waals surface area contributed by atoms with E-state index in [-0.39, 0.29) is 11.9 Å². The zero-order chi connectivity index (χ0) is 19.3. The van der Waals surface area contributed by atoms with Gasteiger partial charge in [0.25, 0.3) is 5.91 Å². The van der Waals surface area contributed by atoms with Crippen LogP contribution in [0.15, 0.2) is 36.5 Å². The lowest BCUT2D eigenvalue weighted by atomic mass is 10.1. The smallest absolute Gasteiger partial charge is 0.310 e. The minimum absolute atomic E-state index is 0.0549. The molecule has 0 fully saturated rings. The molecule has 1 amide bonds. The van der Waals surface area contributed by atoms with Gasteiger partial charge in [-0.2, -0.15) is 9.37 Å². The number of hydrogen-bond donors (Lipinski definition) is 3. The lowest BCUT2D eigenvalue weighted by Gasteiger charge is -2.10. The summed E-state index contributed by atoms with van der Waals surface area (Å²) in [6, 6.07) is 9.27. The van der Waals surface area contributed by atoms with E-state index in [9.17, 15) is 9.18 Å². The molecule has 1 aromatic carbocycles. The Kier molecular flexibility index (Phi) is 3.83. The van der Waals surface area contributed by atoms with Crippen LogP contribution in [0.25, 0.3) is 21.0 Å². The highest BCUT2D eigenvalue weighted by atomic mass is 32.1. The summed E-state index contributed by atoms with van der Waals surface area (Å²) in [7, 11) is 0. The fraction of sp³-hybridized carbons (Fsp3) is 0.158. The first-order valence-corrected chi connectivity index (χ1v) is 9.57. The van der Waals surface area contributed by atoms with Gasteiger partial charge in [0.2, 0.25) is 0 Å². The summed E-state index contributed by atoms with van der Waals surface area (Å²) in [6.45, 7) is 2.63. The predicted molar refractivity (Wildman–Crippen MR) is 108 cm³/mol. The van der Waals surface area contributed by atoms with E-state index in [0.29, 0.717) is 23.1 Å². The molecule has 0 unspecified atom stereocenters. The number of aromatic nitrogens is 3. The number of pyridine rings is 1. The monoisotopic (exact) mass is 394 g/mol. The van der Waals surface area contributed by atoms with Gasteiger partial charge in [0, 0.05) is 34.3 Å². The SMILES string of the molecule is C[C@H]1CNc2c(sc3ccc4nc(Nc5ccnc(F)n5)ccc4c23)C(=O)N1. The van der Waals surface area contributed by atoms with E-state index in [1.165, 1.54) is 17.5 Å². The summed E-state index contributed by atoms with van der Waals surface area (Å²) < 4.78 is 14.2. The maximum atomic E-state index is 13.2. The van der Waals surface area contributed by atoms with Gasteiger partial charge in [0.05, 0.1) is 11.2 Å². The number of nitrogens with one attached hydrogen (secondary N) is 3. The van der Waals surface area contributed by atoms with Crippen LogP contribution in [0.1, 0.15) is 16.6 Å². The molecule has 1 atom stereocenters. The van der Waals surface area contributed by atoms with Crippen LogP contribution in [-0.2, 0) is 0 Å². The van der Waals surface area contributed by atoms with Crippen molar-refractivity contribution in [3.8, 4) is 0 Å². The van der Waals surface area contributed by atoms with Gasteiger partial charge in [-0.25, -0.2) is 9.97 Å². The number of benzene rings is 1. The van der Waals surface area contributed by atoms with Crippen molar-refractivity contribution in [2.75, 3.05) is 17.2 Å². The van der Waals surface area contributed by atoms with E-state index >= 15 is 0 Å². The minimum atomic E-state index is -0.799. The molecular weight excluding hydrogens is 379 g/mol. The normalized spacial score (nSPS) is 16.4.